The molecular formula is C28H31FN2O4S. The highest BCUT2D eigenvalue weighted by molar-refractivity contribution is 7.10. The zero-order chi connectivity index (χ0) is 25.5. The number of amides is 2. The molecule has 0 radical (unpaired) electrons. The number of nitrogens with one attached hydrogen (secondary N) is 1. The first kappa shape index (κ1) is 25.7. The largest absolute Gasteiger partial charge is 0.493 e. The van der Waals surface area contributed by atoms with Gasteiger partial charge in [-0.2, -0.15) is 0 Å². The first-order valence-electron chi connectivity index (χ1n) is 12.1. The number of rotatable bonds is 9. The molecule has 1 aliphatic carbocycles. The van der Waals surface area contributed by atoms with Gasteiger partial charge >= 0.3 is 0 Å². The van der Waals surface area contributed by atoms with E-state index in [0.29, 0.717) is 22.7 Å². The van der Waals surface area contributed by atoms with Gasteiger partial charge in [-0.15, -0.1) is 11.3 Å². The molecule has 1 aromatic heterocycles. The molecule has 0 aliphatic heterocycles. The van der Waals surface area contributed by atoms with Gasteiger partial charge in [0.15, 0.2) is 11.5 Å². The van der Waals surface area contributed by atoms with E-state index in [2.05, 4.69) is 5.32 Å². The molecule has 1 aliphatic rings. The Morgan fingerprint density at radius 1 is 1.03 bits per heavy atom. The van der Waals surface area contributed by atoms with Crippen LogP contribution < -0.4 is 19.7 Å². The molecule has 1 unspecified atom stereocenters. The zero-order valence-corrected chi connectivity index (χ0v) is 21.4. The number of benzene rings is 2. The normalized spacial score (nSPS) is 14.6. The van der Waals surface area contributed by atoms with Crippen LogP contribution in [0.3, 0.4) is 0 Å². The van der Waals surface area contributed by atoms with E-state index in [9.17, 15) is 14.0 Å². The van der Waals surface area contributed by atoms with Crippen molar-refractivity contribution in [3.05, 3.63) is 76.2 Å². The van der Waals surface area contributed by atoms with Crippen LogP contribution in [0.5, 0.6) is 11.5 Å². The second kappa shape index (κ2) is 12.0. The van der Waals surface area contributed by atoms with Crippen molar-refractivity contribution in [2.24, 2.45) is 0 Å². The smallest absolute Gasteiger partial charge is 0.248 e. The van der Waals surface area contributed by atoms with Crippen LogP contribution in [-0.2, 0) is 16.0 Å². The fourth-order valence-electron chi connectivity index (χ4n) is 4.68. The van der Waals surface area contributed by atoms with Gasteiger partial charge in [0.25, 0.3) is 0 Å². The quantitative estimate of drug-likeness (QED) is 0.403. The van der Waals surface area contributed by atoms with E-state index in [0.717, 1.165) is 37.0 Å². The Morgan fingerprint density at radius 3 is 2.47 bits per heavy atom. The molecule has 190 valence electrons. The number of methoxy groups -OCH3 is 2. The van der Waals surface area contributed by atoms with E-state index in [1.165, 1.54) is 42.6 Å². The molecule has 36 heavy (non-hydrogen) atoms. The van der Waals surface area contributed by atoms with Crippen molar-refractivity contribution in [3.63, 3.8) is 0 Å². The van der Waals surface area contributed by atoms with Crippen LogP contribution in [0.15, 0.2) is 60.0 Å². The van der Waals surface area contributed by atoms with Crippen LogP contribution in [0.4, 0.5) is 10.1 Å². The number of hydrogen-bond acceptors (Lipinski definition) is 5. The molecule has 2 aromatic carbocycles. The molecule has 3 aromatic rings. The van der Waals surface area contributed by atoms with Crippen molar-refractivity contribution >= 4 is 28.8 Å². The number of ether oxygens (including phenoxy) is 2. The van der Waals surface area contributed by atoms with Crippen molar-refractivity contribution in [2.45, 2.75) is 50.6 Å². The van der Waals surface area contributed by atoms with E-state index >= 15 is 0 Å². The lowest BCUT2D eigenvalue weighted by atomic mass is 9.94. The average molecular weight is 511 g/mol. The maximum Gasteiger partial charge on any atom is 0.248 e. The number of thiophene rings is 1. The molecule has 0 bridgehead atoms. The zero-order valence-electron chi connectivity index (χ0n) is 20.5. The SMILES string of the molecule is COc1ccc(C(C(=O)NC2CCCCC2)N(C(=O)Cc2cccs2)c2cccc(F)c2)cc1OC. The number of carbonyl (C=O) groups is 2. The highest BCUT2D eigenvalue weighted by Gasteiger charge is 2.35. The predicted octanol–water partition coefficient (Wildman–Crippen LogP) is 5.67. The van der Waals surface area contributed by atoms with E-state index < -0.39 is 11.9 Å². The van der Waals surface area contributed by atoms with Gasteiger partial charge in [0.05, 0.1) is 20.6 Å². The van der Waals surface area contributed by atoms with Crippen LogP contribution in [0, 0.1) is 5.82 Å². The fraction of sp³-hybridized carbons (Fsp3) is 0.357. The van der Waals surface area contributed by atoms with Gasteiger partial charge in [-0.05, 0) is 60.2 Å². The molecule has 1 heterocycles. The molecule has 1 atom stereocenters. The average Bonchev–Trinajstić information content (AvgIpc) is 3.40. The standard InChI is InChI=1S/C28H31FN2O4S/c1-34-24-14-13-19(16-25(24)35-2)27(28(33)30-21-9-4-3-5-10-21)31(22-11-6-8-20(29)17-22)26(32)18-23-12-7-15-36-23/h6-8,11-17,21,27H,3-5,9-10,18H2,1-2H3,(H,30,33). The van der Waals surface area contributed by atoms with Gasteiger partial charge in [0.1, 0.15) is 11.9 Å². The van der Waals surface area contributed by atoms with Crippen molar-refractivity contribution in [2.75, 3.05) is 19.1 Å². The van der Waals surface area contributed by atoms with Crippen LogP contribution in [0.25, 0.3) is 0 Å². The summed E-state index contributed by atoms with van der Waals surface area (Å²) >= 11 is 1.46. The van der Waals surface area contributed by atoms with E-state index in [-0.39, 0.29) is 24.3 Å². The monoisotopic (exact) mass is 510 g/mol. The number of nitrogens with zero attached hydrogens (tertiary/aromatic N) is 1. The summed E-state index contributed by atoms with van der Waals surface area (Å²) in [5.74, 6) is -0.148. The first-order valence-corrected chi connectivity index (χ1v) is 13.0. The Bertz CT molecular complexity index is 1180. The van der Waals surface area contributed by atoms with E-state index in [4.69, 9.17) is 9.47 Å². The Labute approximate surface area is 215 Å². The third-order valence-electron chi connectivity index (χ3n) is 6.44. The number of carbonyl (C=O) groups excluding carboxylic acids is 2. The lowest BCUT2D eigenvalue weighted by Crippen LogP contribution is -2.47. The summed E-state index contributed by atoms with van der Waals surface area (Å²) in [5.41, 5.74) is 0.861. The van der Waals surface area contributed by atoms with Gasteiger partial charge in [0.2, 0.25) is 11.8 Å². The predicted molar refractivity (Wildman–Crippen MR) is 139 cm³/mol. The summed E-state index contributed by atoms with van der Waals surface area (Å²) in [4.78, 5) is 30.0. The molecule has 1 saturated carbocycles. The minimum absolute atomic E-state index is 0.0376. The van der Waals surface area contributed by atoms with Crippen molar-refractivity contribution in [3.8, 4) is 11.5 Å². The van der Waals surface area contributed by atoms with Crippen molar-refractivity contribution < 1.29 is 23.5 Å². The Balaban J connectivity index is 1.80. The summed E-state index contributed by atoms with van der Waals surface area (Å²) in [7, 11) is 3.05. The van der Waals surface area contributed by atoms with E-state index in [1.807, 2.05) is 17.5 Å². The van der Waals surface area contributed by atoms with Crippen molar-refractivity contribution in [1.29, 1.82) is 0 Å². The third-order valence-corrected chi connectivity index (χ3v) is 7.32. The molecule has 0 spiro atoms. The molecule has 0 saturated heterocycles. The maximum absolute atomic E-state index is 14.4. The molecule has 4 rings (SSSR count). The summed E-state index contributed by atoms with van der Waals surface area (Å²) in [5, 5.41) is 5.07. The van der Waals surface area contributed by atoms with E-state index in [1.54, 1.807) is 30.3 Å². The Hall–Kier alpha value is -3.39. The summed E-state index contributed by atoms with van der Waals surface area (Å²) in [6, 6.07) is 13.7. The lowest BCUT2D eigenvalue weighted by Gasteiger charge is -2.33. The first-order chi connectivity index (χ1) is 17.5. The van der Waals surface area contributed by atoms with Crippen molar-refractivity contribution in [1.82, 2.24) is 5.32 Å². The van der Waals surface area contributed by atoms with Crippen LogP contribution in [0.2, 0.25) is 0 Å². The van der Waals surface area contributed by atoms with Gasteiger partial charge in [0, 0.05) is 16.6 Å². The lowest BCUT2D eigenvalue weighted by molar-refractivity contribution is -0.127. The second-order valence-electron chi connectivity index (χ2n) is 8.86. The van der Waals surface area contributed by atoms with Crippen LogP contribution >= 0.6 is 11.3 Å². The number of halogens is 1. The third kappa shape index (κ3) is 6.05. The molecule has 8 heteroatoms. The summed E-state index contributed by atoms with van der Waals surface area (Å²) in [6.07, 6.45) is 5.14. The fourth-order valence-corrected chi connectivity index (χ4v) is 5.37. The minimum atomic E-state index is -1.03. The van der Waals surface area contributed by atoms with Gasteiger partial charge < -0.3 is 14.8 Å². The Morgan fingerprint density at radius 2 is 1.81 bits per heavy atom. The van der Waals surface area contributed by atoms with Crippen LogP contribution in [-0.4, -0.2) is 32.1 Å². The van der Waals surface area contributed by atoms with Gasteiger partial charge in [-0.1, -0.05) is 37.5 Å². The molecule has 1 fully saturated rings. The summed E-state index contributed by atoms with van der Waals surface area (Å²) in [6.45, 7) is 0. The number of hydrogen-bond donors (Lipinski definition) is 1. The molecule has 6 nitrogen and oxygen atoms in total. The second-order valence-corrected chi connectivity index (χ2v) is 9.89. The Kier molecular flexibility index (Phi) is 8.59. The minimum Gasteiger partial charge on any atom is -0.493 e. The van der Waals surface area contributed by atoms with Gasteiger partial charge in [-0.3, -0.25) is 14.5 Å². The van der Waals surface area contributed by atoms with Gasteiger partial charge in [-0.25, -0.2) is 4.39 Å². The summed E-state index contributed by atoms with van der Waals surface area (Å²) < 4.78 is 25.2. The topological polar surface area (TPSA) is 67.9 Å². The highest BCUT2D eigenvalue weighted by atomic mass is 32.1. The van der Waals surface area contributed by atoms with Crippen LogP contribution in [0.1, 0.15) is 48.6 Å². The maximum atomic E-state index is 14.4. The highest BCUT2D eigenvalue weighted by Crippen LogP contribution is 2.35. The molecule has 2 amide bonds. The molecular weight excluding hydrogens is 479 g/mol. The number of anilines is 1. The molecule has 1 N–H and O–H groups in total.